The van der Waals surface area contributed by atoms with Crippen LogP contribution < -0.4 is 14.8 Å². The van der Waals surface area contributed by atoms with Crippen LogP contribution in [-0.4, -0.2) is 42.0 Å². The van der Waals surface area contributed by atoms with Gasteiger partial charge in [0.25, 0.3) is 0 Å². The monoisotopic (exact) mass is 532 g/mol. The molecule has 2 aromatic rings. The second kappa shape index (κ2) is 14.0. The topological polar surface area (TPSA) is 67.9 Å². The molecule has 0 aromatic heterocycles. The molecule has 7 heteroatoms. The van der Waals surface area contributed by atoms with E-state index in [1.165, 1.54) is 0 Å². The number of carbonyl (C=O) groups is 2. The van der Waals surface area contributed by atoms with Gasteiger partial charge in [0.15, 0.2) is 11.5 Å². The number of nitrogens with one attached hydrogen (secondary N) is 1. The normalized spacial score (nSPS) is 12.5. The summed E-state index contributed by atoms with van der Waals surface area (Å²) < 4.78 is 12.3. The van der Waals surface area contributed by atoms with Crippen molar-refractivity contribution in [3.05, 3.63) is 58.1 Å². The fraction of sp³-hybridized carbons (Fsp3) is 0.481. The number of ether oxygens (including phenoxy) is 2. The van der Waals surface area contributed by atoms with Gasteiger partial charge in [0.05, 0.1) is 13.2 Å². The highest BCUT2D eigenvalue weighted by Crippen LogP contribution is 2.29. The van der Waals surface area contributed by atoms with E-state index < -0.39 is 6.04 Å². The van der Waals surface area contributed by atoms with Crippen molar-refractivity contribution in [1.29, 1.82) is 0 Å². The summed E-state index contributed by atoms with van der Waals surface area (Å²) in [5.74, 6) is 1.17. The first kappa shape index (κ1) is 27.7. The molecule has 2 atom stereocenters. The van der Waals surface area contributed by atoms with E-state index in [2.05, 4.69) is 21.2 Å². The lowest BCUT2D eigenvalue weighted by molar-refractivity contribution is -0.140. The molecule has 2 aromatic carbocycles. The van der Waals surface area contributed by atoms with Crippen LogP contribution in [-0.2, 0) is 22.6 Å². The van der Waals surface area contributed by atoms with E-state index in [0.717, 1.165) is 22.0 Å². The Labute approximate surface area is 212 Å². The van der Waals surface area contributed by atoms with E-state index in [1.54, 1.807) is 11.8 Å². The molecule has 0 radical (unpaired) electrons. The van der Waals surface area contributed by atoms with Crippen LogP contribution in [0.25, 0.3) is 0 Å². The second-order valence-corrected chi connectivity index (χ2v) is 9.21. The smallest absolute Gasteiger partial charge is 0.242 e. The Kier molecular flexibility index (Phi) is 11.4. The van der Waals surface area contributed by atoms with Crippen LogP contribution in [0.5, 0.6) is 11.5 Å². The lowest BCUT2D eigenvalue weighted by Gasteiger charge is -2.30. The van der Waals surface area contributed by atoms with Crippen molar-refractivity contribution >= 4 is 27.7 Å². The zero-order valence-electron chi connectivity index (χ0n) is 20.9. The summed E-state index contributed by atoms with van der Waals surface area (Å²) in [5.41, 5.74) is 1.95. The van der Waals surface area contributed by atoms with Gasteiger partial charge < -0.3 is 19.7 Å². The predicted octanol–water partition coefficient (Wildman–Crippen LogP) is 5.51. The maximum Gasteiger partial charge on any atom is 0.242 e. The first-order valence-corrected chi connectivity index (χ1v) is 12.8. The summed E-state index contributed by atoms with van der Waals surface area (Å²) in [4.78, 5) is 27.9. The van der Waals surface area contributed by atoms with Crippen molar-refractivity contribution < 1.29 is 19.1 Å². The van der Waals surface area contributed by atoms with Crippen molar-refractivity contribution in [3.63, 3.8) is 0 Å². The van der Waals surface area contributed by atoms with Crippen LogP contribution in [0, 0.1) is 0 Å². The Hall–Kier alpha value is -2.54. The molecule has 0 heterocycles. The lowest BCUT2D eigenvalue weighted by atomic mass is 10.1. The minimum absolute atomic E-state index is 0.0543. The fourth-order valence-corrected chi connectivity index (χ4v) is 3.97. The molecule has 0 aliphatic rings. The van der Waals surface area contributed by atoms with Crippen LogP contribution in [0.2, 0.25) is 0 Å². The average molecular weight is 534 g/mol. The van der Waals surface area contributed by atoms with Crippen LogP contribution >= 0.6 is 15.9 Å². The molecule has 0 spiro atoms. The number of benzene rings is 2. The van der Waals surface area contributed by atoms with Gasteiger partial charge in [-0.3, -0.25) is 9.59 Å². The maximum atomic E-state index is 13.4. The van der Waals surface area contributed by atoms with Gasteiger partial charge >= 0.3 is 0 Å². The first-order valence-electron chi connectivity index (χ1n) is 12.0. The van der Waals surface area contributed by atoms with E-state index in [9.17, 15) is 9.59 Å². The van der Waals surface area contributed by atoms with Crippen molar-refractivity contribution in [2.75, 3.05) is 13.2 Å². The number of amides is 2. The van der Waals surface area contributed by atoms with E-state index in [0.29, 0.717) is 37.7 Å². The molecule has 186 valence electrons. The molecule has 0 fully saturated rings. The molecule has 2 unspecified atom stereocenters. The number of aryl methyl sites for hydroxylation is 1. The van der Waals surface area contributed by atoms with Gasteiger partial charge in [-0.25, -0.2) is 0 Å². The van der Waals surface area contributed by atoms with E-state index in [1.807, 2.05) is 70.2 Å². The molecule has 34 heavy (non-hydrogen) atoms. The number of halogens is 1. The van der Waals surface area contributed by atoms with Crippen LogP contribution in [0.4, 0.5) is 0 Å². The van der Waals surface area contributed by atoms with Crippen LogP contribution in [0.15, 0.2) is 46.9 Å². The summed E-state index contributed by atoms with van der Waals surface area (Å²) in [6.07, 6.45) is 1.66. The summed E-state index contributed by atoms with van der Waals surface area (Å²) >= 11 is 3.49. The molecule has 6 nitrogen and oxygen atoms in total. The summed E-state index contributed by atoms with van der Waals surface area (Å²) in [5, 5.41) is 3.00. The van der Waals surface area contributed by atoms with Gasteiger partial charge in [0, 0.05) is 23.5 Å². The van der Waals surface area contributed by atoms with E-state index in [4.69, 9.17) is 9.47 Å². The van der Waals surface area contributed by atoms with Crippen molar-refractivity contribution in [1.82, 2.24) is 10.2 Å². The summed E-state index contributed by atoms with van der Waals surface area (Å²) in [7, 11) is 0. The third-order valence-electron chi connectivity index (χ3n) is 5.65. The highest BCUT2D eigenvalue weighted by molar-refractivity contribution is 9.10. The van der Waals surface area contributed by atoms with Crippen molar-refractivity contribution in [2.45, 2.75) is 72.5 Å². The van der Waals surface area contributed by atoms with E-state index >= 15 is 0 Å². The molecule has 0 aliphatic heterocycles. The molecule has 2 rings (SSSR count). The van der Waals surface area contributed by atoms with Gasteiger partial charge in [0.1, 0.15) is 6.04 Å². The molecule has 2 amide bonds. The molecule has 0 bridgehead atoms. The van der Waals surface area contributed by atoms with Gasteiger partial charge in [-0.15, -0.1) is 0 Å². The van der Waals surface area contributed by atoms with Crippen LogP contribution in [0.3, 0.4) is 0 Å². The molecular formula is C27H37BrN2O4. The van der Waals surface area contributed by atoms with Crippen molar-refractivity contribution in [2.24, 2.45) is 0 Å². The minimum atomic E-state index is -0.584. The number of rotatable bonds is 13. The number of carbonyl (C=O) groups excluding carboxylic acids is 2. The Morgan fingerprint density at radius 1 is 0.971 bits per heavy atom. The SMILES string of the molecule is CCOc1ccc(CCC(=O)N(Cc2cccc(Br)c2)C(C)C(=O)NC(C)CC)cc1OCC. The number of nitrogens with zero attached hydrogens (tertiary/aromatic N) is 1. The van der Waals surface area contributed by atoms with Gasteiger partial charge in [-0.05, 0) is 75.9 Å². The molecular weight excluding hydrogens is 496 g/mol. The minimum Gasteiger partial charge on any atom is -0.490 e. The Bertz CT molecular complexity index is 950. The quantitative estimate of drug-likeness (QED) is 0.369. The fourth-order valence-electron chi connectivity index (χ4n) is 3.53. The Morgan fingerprint density at radius 2 is 1.68 bits per heavy atom. The van der Waals surface area contributed by atoms with Gasteiger partial charge in [-0.1, -0.05) is 41.1 Å². The van der Waals surface area contributed by atoms with Crippen molar-refractivity contribution in [3.8, 4) is 11.5 Å². The molecule has 0 saturated carbocycles. The molecule has 1 N–H and O–H groups in total. The third-order valence-corrected chi connectivity index (χ3v) is 6.14. The second-order valence-electron chi connectivity index (χ2n) is 8.29. The Balaban J connectivity index is 2.18. The first-order chi connectivity index (χ1) is 16.3. The number of hydrogen-bond donors (Lipinski definition) is 1. The highest BCUT2D eigenvalue weighted by Gasteiger charge is 2.26. The van der Waals surface area contributed by atoms with E-state index in [-0.39, 0.29) is 24.3 Å². The summed E-state index contributed by atoms with van der Waals surface area (Å²) in [6.45, 7) is 11.1. The predicted molar refractivity (Wildman–Crippen MR) is 139 cm³/mol. The largest absolute Gasteiger partial charge is 0.490 e. The zero-order chi connectivity index (χ0) is 25.1. The lowest BCUT2D eigenvalue weighted by Crippen LogP contribution is -2.49. The maximum absolute atomic E-state index is 13.4. The highest BCUT2D eigenvalue weighted by atomic mass is 79.9. The Morgan fingerprint density at radius 3 is 2.32 bits per heavy atom. The molecule has 0 aliphatic carbocycles. The zero-order valence-corrected chi connectivity index (χ0v) is 22.5. The molecule has 0 saturated heterocycles. The number of hydrogen-bond acceptors (Lipinski definition) is 4. The van der Waals surface area contributed by atoms with Gasteiger partial charge in [-0.2, -0.15) is 0 Å². The summed E-state index contributed by atoms with van der Waals surface area (Å²) in [6, 6.07) is 13.1. The third kappa shape index (κ3) is 8.35. The van der Waals surface area contributed by atoms with Crippen LogP contribution in [0.1, 0.15) is 58.6 Å². The van der Waals surface area contributed by atoms with Gasteiger partial charge in [0.2, 0.25) is 11.8 Å². The average Bonchev–Trinajstić information content (AvgIpc) is 2.82. The standard InChI is InChI=1S/C27H37BrN2O4/c1-6-19(4)29-27(32)20(5)30(18-22-10-9-11-23(28)16-22)26(31)15-13-21-12-14-24(33-7-2)25(17-21)34-8-3/h9-12,14,16-17,19-20H,6-8,13,15,18H2,1-5H3,(H,29,32).